The molecule has 0 radical (unpaired) electrons. The first kappa shape index (κ1) is 16.8. The van der Waals surface area contributed by atoms with Gasteiger partial charge in [0, 0.05) is 32.6 Å². The molecule has 2 aliphatic rings. The van der Waals surface area contributed by atoms with Gasteiger partial charge in [-0.25, -0.2) is 0 Å². The Kier molecular flexibility index (Phi) is 5.42. The summed E-state index contributed by atoms with van der Waals surface area (Å²) in [7, 11) is 1.74. The Morgan fingerprint density at radius 2 is 2.18 bits per heavy atom. The van der Waals surface area contributed by atoms with Crippen molar-refractivity contribution in [2.24, 2.45) is 5.92 Å². The molecule has 22 heavy (non-hydrogen) atoms. The van der Waals surface area contributed by atoms with Gasteiger partial charge < -0.3 is 15.5 Å². The van der Waals surface area contributed by atoms with Crippen LogP contribution in [0, 0.1) is 5.92 Å². The summed E-state index contributed by atoms with van der Waals surface area (Å²) >= 11 is 0. The van der Waals surface area contributed by atoms with Crippen LogP contribution in [0.2, 0.25) is 0 Å². The second-order valence-electron chi connectivity index (χ2n) is 5.88. The molecule has 2 N–H and O–H groups in total. The van der Waals surface area contributed by atoms with E-state index in [0.717, 1.165) is 13.0 Å². The van der Waals surface area contributed by atoms with E-state index >= 15 is 0 Å². The molecule has 2 atom stereocenters. The molecule has 2 heterocycles. The molecule has 6 heteroatoms. The van der Waals surface area contributed by atoms with Crippen LogP contribution in [-0.4, -0.2) is 43.4 Å². The van der Waals surface area contributed by atoms with Crippen LogP contribution in [0.5, 0.6) is 0 Å². The van der Waals surface area contributed by atoms with Crippen molar-refractivity contribution in [2.75, 3.05) is 26.7 Å². The average molecular weight is 324 g/mol. The molecule has 0 aliphatic carbocycles. The number of halogens is 1. The second-order valence-corrected chi connectivity index (χ2v) is 5.88. The molecule has 0 aromatic heterocycles. The molecule has 0 bridgehead atoms. The Labute approximate surface area is 136 Å². The maximum atomic E-state index is 12.2. The summed E-state index contributed by atoms with van der Waals surface area (Å²) in [6.07, 6.45) is 1.36. The van der Waals surface area contributed by atoms with Crippen LogP contribution >= 0.6 is 12.4 Å². The monoisotopic (exact) mass is 323 g/mol. The topological polar surface area (TPSA) is 61.4 Å². The molecule has 0 saturated carbocycles. The third kappa shape index (κ3) is 3.42. The Hall–Kier alpha value is -1.59. The molecule has 0 spiro atoms. The van der Waals surface area contributed by atoms with Gasteiger partial charge in [0.2, 0.25) is 11.8 Å². The first-order valence-electron chi connectivity index (χ1n) is 7.48. The Morgan fingerprint density at radius 1 is 1.41 bits per heavy atom. The van der Waals surface area contributed by atoms with Crippen molar-refractivity contribution in [3.63, 3.8) is 0 Å². The first-order chi connectivity index (χ1) is 10.1. The zero-order chi connectivity index (χ0) is 14.8. The number of fused-ring (bicyclic) bond motifs is 1. The zero-order valence-electron chi connectivity index (χ0n) is 12.7. The number of benzene rings is 1. The van der Waals surface area contributed by atoms with Gasteiger partial charge in [0.15, 0.2) is 0 Å². The zero-order valence-corrected chi connectivity index (χ0v) is 13.5. The molecule has 1 aromatic carbocycles. The number of nitrogens with one attached hydrogen (secondary N) is 2. The lowest BCUT2D eigenvalue weighted by Crippen LogP contribution is -2.41. The van der Waals surface area contributed by atoms with Crippen molar-refractivity contribution in [1.82, 2.24) is 15.5 Å². The summed E-state index contributed by atoms with van der Waals surface area (Å²) in [5, 5.41) is 6.44. The van der Waals surface area contributed by atoms with Crippen molar-refractivity contribution in [2.45, 2.75) is 18.9 Å². The molecule has 1 fully saturated rings. The van der Waals surface area contributed by atoms with Crippen LogP contribution in [0.3, 0.4) is 0 Å². The van der Waals surface area contributed by atoms with E-state index in [-0.39, 0.29) is 36.2 Å². The molecule has 3 rings (SSSR count). The minimum Gasteiger partial charge on any atom is -0.354 e. The summed E-state index contributed by atoms with van der Waals surface area (Å²) in [5.74, 6) is -0.171. The number of hydrogen-bond donors (Lipinski definition) is 2. The van der Waals surface area contributed by atoms with Gasteiger partial charge in [-0.1, -0.05) is 24.3 Å². The summed E-state index contributed by atoms with van der Waals surface area (Å²) in [5.41, 5.74) is 2.62. The Bertz CT molecular complexity index is 564. The summed E-state index contributed by atoms with van der Waals surface area (Å²) in [6, 6.07) is 8.51. The number of amides is 2. The van der Waals surface area contributed by atoms with Crippen LogP contribution < -0.4 is 10.6 Å². The highest BCUT2D eigenvalue weighted by Crippen LogP contribution is 2.22. The van der Waals surface area contributed by atoms with E-state index < -0.39 is 0 Å². The molecular formula is C16H22ClN3O2. The van der Waals surface area contributed by atoms with Crippen LogP contribution in [0.15, 0.2) is 24.3 Å². The SMILES string of the molecule is CN1CC(C(=O)NCC2NCCc3ccccc32)CC1=O.Cl. The van der Waals surface area contributed by atoms with Crippen molar-refractivity contribution < 1.29 is 9.59 Å². The van der Waals surface area contributed by atoms with E-state index in [1.54, 1.807) is 11.9 Å². The number of rotatable bonds is 3. The van der Waals surface area contributed by atoms with Gasteiger partial charge in [0.25, 0.3) is 0 Å². The lowest BCUT2D eigenvalue weighted by Gasteiger charge is -2.27. The van der Waals surface area contributed by atoms with Crippen LogP contribution in [0.4, 0.5) is 0 Å². The quantitative estimate of drug-likeness (QED) is 0.868. The average Bonchev–Trinajstić information content (AvgIpc) is 2.84. The maximum absolute atomic E-state index is 12.2. The van der Waals surface area contributed by atoms with Crippen molar-refractivity contribution in [1.29, 1.82) is 0 Å². The highest BCUT2D eigenvalue weighted by Gasteiger charge is 2.32. The van der Waals surface area contributed by atoms with Gasteiger partial charge in [-0.2, -0.15) is 0 Å². The normalized spacial score (nSPS) is 23.7. The third-order valence-electron chi connectivity index (χ3n) is 4.41. The summed E-state index contributed by atoms with van der Waals surface area (Å²) in [4.78, 5) is 25.3. The fraction of sp³-hybridized carbons (Fsp3) is 0.500. The fourth-order valence-electron chi connectivity index (χ4n) is 3.16. The van der Waals surface area contributed by atoms with Gasteiger partial charge in [-0.05, 0) is 24.1 Å². The van der Waals surface area contributed by atoms with E-state index in [1.165, 1.54) is 11.1 Å². The molecule has 2 aliphatic heterocycles. The van der Waals surface area contributed by atoms with Gasteiger partial charge in [0.1, 0.15) is 0 Å². The minimum atomic E-state index is -0.207. The molecule has 120 valence electrons. The van der Waals surface area contributed by atoms with E-state index in [1.807, 2.05) is 6.07 Å². The van der Waals surface area contributed by atoms with Gasteiger partial charge in [0.05, 0.1) is 5.92 Å². The smallest absolute Gasteiger partial charge is 0.225 e. The van der Waals surface area contributed by atoms with Gasteiger partial charge in [-0.15, -0.1) is 12.4 Å². The van der Waals surface area contributed by atoms with Gasteiger partial charge >= 0.3 is 0 Å². The van der Waals surface area contributed by atoms with E-state index in [0.29, 0.717) is 19.5 Å². The molecule has 2 unspecified atom stereocenters. The number of carbonyl (C=O) groups excluding carboxylic acids is 2. The largest absolute Gasteiger partial charge is 0.354 e. The van der Waals surface area contributed by atoms with Crippen molar-refractivity contribution in [3.8, 4) is 0 Å². The number of nitrogens with zero attached hydrogens (tertiary/aromatic N) is 1. The van der Waals surface area contributed by atoms with Gasteiger partial charge in [-0.3, -0.25) is 9.59 Å². The van der Waals surface area contributed by atoms with Crippen LogP contribution in [0.1, 0.15) is 23.6 Å². The predicted octanol–water partition coefficient (Wildman–Crippen LogP) is 0.890. The third-order valence-corrected chi connectivity index (χ3v) is 4.41. The first-order valence-corrected chi connectivity index (χ1v) is 7.48. The van der Waals surface area contributed by atoms with Crippen LogP contribution in [0.25, 0.3) is 0 Å². The van der Waals surface area contributed by atoms with Crippen molar-refractivity contribution in [3.05, 3.63) is 35.4 Å². The summed E-state index contributed by atoms with van der Waals surface area (Å²) < 4.78 is 0. The molecule has 2 amide bonds. The highest BCUT2D eigenvalue weighted by atomic mass is 35.5. The number of likely N-dealkylation sites (tertiary alicyclic amines) is 1. The standard InChI is InChI=1S/C16H21N3O2.ClH/c1-19-10-12(8-15(19)20)16(21)18-9-14-13-5-3-2-4-11(13)6-7-17-14;/h2-5,12,14,17H,6-10H2,1H3,(H,18,21);1H. The predicted molar refractivity (Wildman–Crippen MR) is 86.9 cm³/mol. The molecule has 1 saturated heterocycles. The number of hydrogen-bond acceptors (Lipinski definition) is 3. The molecule has 5 nitrogen and oxygen atoms in total. The van der Waals surface area contributed by atoms with Crippen LogP contribution in [-0.2, 0) is 16.0 Å². The van der Waals surface area contributed by atoms with Crippen molar-refractivity contribution >= 4 is 24.2 Å². The molecule has 1 aromatic rings. The van der Waals surface area contributed by atoms with E-state index in [4.69, 9.17) is 0 Å². The fourth-order valence-corrected chi connectivity index (χ4v) is 3.16. The number of carbonyl (C=O) groups is 2. The summed E-state index contributed by atoms with van der Waals surface area (Å²) in [6.45, 7) is 2.03. The lowest BCUT2D eigenvalue weighted by atomic mass is 9.94. The second kappa shape index (κ2) is 7.11. The Morgan fingerprint density at radius 3 is 2.91 bits per heavy atom. The lowest BCUT2D eigenvalue weighted by molar-refractivity contribution is -0.128. The Balaban J connectivity index is 0.00000176. The maximum Gasteiger partial charge on any atom is 0.225 e. The van der Waals surface area contributed by atoms with E-state index in [2.05, 4.69) is 28.8 Å². The minimum absolute atomic E-state index is 0. The van der Waals surface area contributed by atoms with E-state index in [9.17, 15) is 9.59 Å². The highest BCUT2D eigenvalue weighted by molar-refractivity contribution is 5.89. The molecular weight excluding hydrogens is 302 g/mol.